The average Bonchev–Trinajstić information content (AvgIpc) is 3.36. The predicted octanol–water partition coefficient (Wildman–Crippen LogP) is 2.37. The normalized spacial score (nSPS) is 10.7. The fraction of sp³-hybridized carbons (Fsp3) is 0. The molecule has 0 spiro atoms. The van der Waals surface area contributed by atoms with Crippen LogP contribution in [0.4, 0.5) is 5.13 Å². The van der Waals surface area contributed by atoms with Crippen LogP contribution >= 0.6 is 11.3 Å². The first-order valence-corrected chi connectivity index (χ1v) is 7.91. The van der Waals surface area contributed by atoms with Crippen molar-refractivity contribution in [2.75, 3.05) is 5.32 Å². The van der Waals surface area contributed by atoms with Crippen molar-refractivity contribution in [3.05, 3.63) is 59.9 Å². The summed E-state index contributed by atoms with van der Waals surface area (Å²) in [6.07, 6.45) is 3.33. The van der Waals surface area contributed by atoms with Crippen LogP contribution in [0.2, 0.25) is 0 Å². The highest BCUT2D eigenvalue weighted by atomic mass is 32.1. The van der Waals surface area contributed by atoms with Gasteiger partial charge in [0.05, 0.1) is 17.1 Å². The highest BCUT2D eigenvalue weighted by molar-refractivity contribution is 7.14. The monoisotopic (exact) mass is 337 g/mol. The third-order valence-corrected chi connectivity index (χ3v) is 4.10. The fourth-order valence-corrected chi connectivity index (χ4v) is 2.86. The molecule has 0 aliphatic heterocycles. The Morgan fingerprint density at radius 1 is 1.21 bits per heavy atom. The Kier molecular flexibility index (Phi) is 3.60. The Hall–Kier alpha value is -3.33. The molecular formula is C15H11N7OS. The van der Waals surface area contributed by atoms with Crippen LogP contribution in [0.5, 0.6) is 0 Å². The zero-order valence-electron chi connectivity index (χ0n) is 12.2. The van der Waals surface area contributed by atoms with Gasteiger partial charge in [-0.1, -0.05) is 0 Å². The summed E-state index contributed by atoms with van der Waals surface area (Å²) in [6, 6.07) is 10.8. The van der Waals surface area contributed by atoms with Crippen molar-refractivity contribution in [3.8, 4) is 17.1 Å². The molecule has 3 aromatic heterocycles. The largest absolute Gasteiger partial charge is 0.360 e. The zero-order chi connectivity index (χ0) is 16.4. The molecule has 9 heteroatoms. The number of nitrogens with zero attached hydrogens (tertiary/aromatic N) is 5. The minimum absolute atomic E-state index is 0.217. The third-order valence-electron chi connectivity index (χ3n) is 3.34. The highest BCUT2D eigenvalue weighted by Crippen LogP contribution is 2.23. The van der Waals surface area contributed by atoms with Crippen molar-refractivity contribution in [1.29, 1.82) is 0 Å². The van der Waals surface area contributed by atoms with Crippen molar-refractivity contribution < 1.29 is 4.79 Å². The maximum atomic E-state index is 12.3. The summed E-state index contributed by atoms with van der Waals surface area (Å²) in [6.45, 7) is 0. The van der Waals surface area contributed by atoms with Gasteiger partial charge in [0.1, 0.15) is 6.33 Å². The van der Waals surface area contributed by atoms with E-state index >= 15 is 0 Å². The second kappa shape index (κ2) is 6.05. The quantitative estimate of drug-likeness (QED) is 0.595. The number of nitrogens with one attached hydrogen (secondary N) is 2. The molecule has 0 radical (unpaired) electrons. The fourth-order valence-electron chi connectivity index (χ4n) is 2.16. The smallest absolute Gasteiger partial charge is 0.257 e. The van der Waals surface area contributed by atoms with Crippen LogP contribution in [-0.2, 0) is 0 Å². The van der Waals surface area contributed by atoms with Gasteiger partial charge in [-0.25, -0.2) is 9.67 Å². The van der Waals surface area contributed by atoms with Gasteiger partial charge in [-0.05, 0) is 46.8 Å². The number of rotatable bonds is 4. The molecule has 24 heavy (non-hydrogen) atoms. The number of tetrazole rings is 1. The average molecular weight is 337 g/mol. The Morgan fingerprint density at radius 2 is 2.08 bits per heavy atom. The molecule has 0 saturated carbocycles. The Morgan fingerprint density at radius 3 is 2.79 bits per heavy atom. The molecule has 118 valence electrons. The van der Waals surface area contributed by atoms with Crippen molar-refractivity contribution in [1.82, 2.24) is 30.2 Å². The number of amides is 1. The van der Waals surface area contributed by atoms with Crippen molar-refractivity contribution in [2.45, 2.75) is 0 Å². The van der Waals surface area contributed by atoms with E-state index in [2.05, 4.69) is 30.8 Å². The number of hydrogen-bond acceptors (Lipinski definition) is 6. The lowest BCUT2D eigenvalue weighted by atomic mass is 10.2. The molecule has 8 nitrogen and oxygen atoms in total. The predicted molar refractivity (Wildman–Crippen MR) is 89.0 cm³/mol. The molecule has 1 aromatic carbocycles. The maximum Gasteiger partial charge on any atom is 0.257 e. The molecule has 0 atom stereocenters. The number of carbonyl (C=O) groups is 1. The van der Waals surface area contributed by atoms with E-state index in [9.17, 15) is 4.79 Å². The van der Waals surface area contributed by atoms with Gasteiger partial charge in [-0.2, -0.15) is 0 Å². The minimum atomic E-state index is -0.217. The number of aromatic amines is 1. The van der Waals surface area contributed by atoms with E-state index < -0.39 is 0 Å². The molecule has 0 unspecified atom stereocenters. The van der Waals surface area contributed by atoms with E-state index in [-0.39, 0.29) is 5.91 Å². The van der Waals surface area contributed by atoms with Crippen LogP contribution < -0.4 is 5.32 Å². The molecule has 1 amide bonds. The number of thiazole rings is 1. The zero-order valence-corrected chi connectivity index (χ0v) is 13.1. The van der Waals surface area contributed by atoms with Crippen LogP contribution in [-0.4, -0.2) is 36.1 Å². The number of H-pyrrole nitrogens is 1. The number of aromatic nitrogens is 6. The summed E-state index contributed by atoms with van der Waals surface area (Å²) in [5.74, 6) is -0.217. The van der Waals surface area contributed by atoms with E-state index in [1.807, 2.05) is 23.7 Å². The molecule has 4 rings (SSSR count). The lowest BCUT2D eigenvalue weighted by Crippen LogP contribution is -2.11. The van der Waals surface area contributed by atoms with Gasteiger partial charge in [0.25, 0.3) is 5.91 Å². The lowest BCUT2D eigenvalue weighted by molar-refractivity contribution is 0.102. The standard InChI is InChI=1S/C15H11N7OS/c23-14(10-3-5-11(6-4-10)22-9-17-20-21-22)19-15-18-13(8-24-15)12-2-1-7-16-12/h1-9,16H,(H,18,19,23). The van der Waals surface area contributed by atoms with Crippen molar-refractivity contribution in [3.63, 3.8) is 0 Å². The minimum Gasteiger partial charge on any atom is -0.360 e. The van der Waals surface area contributed by atoms with Crippen LogP contribution in [0, 0.1) is 0 Å². The lowest BCUT2D eigenvalue weighted by Gasteiger charge is -2.03. The Bertz CT molecular complexity index is 942. The summed E-state index contributed by atoms with van der Waals surface area (Å²) >= 11 is 1.38. The molecule has 2 N–H and O–H groups in total. The number of benzene rings is 1. The number of hydrogen-bond donors (Lipinski definition) is 2. The van der Waals surface area contributed by atoms with Gasteiger partial charge in [0.15, 0.2) is 5.13 Å². The second-order valence-corrected chi connectivity index (χ2v) is 5.74. The summed E-state index contributed by atoms with van der Waals surface area (Å²) in [4.78, 5) is 19.8. The molecule has 0 bridgehead atoms. The first-order chi connectivity index (χ1) is 11.8. The first-order valence-electron chi connectivity index (χ1n) is 7.04. The van der Waals surface area contributed by atoms with Crippen LogP contribution in [0.25, 0.3) is 17.1 Å². The van der Waals surface area contributed by atoms with Crippen LogP contribution in [0.15, 0.2) is 54.3 Å². The number of carbonyl (C=O) groups excluding carboxylic acids is 1. The molecule has 0 fully saturated rings. The molecule has 3 heterocycles. The topological polar surface area (TPSA) is 101 Å². The summed E-state index contributed by atoms with van der Waals surface area (Å²) in [7, 11) is 0. The van der Waals surface area contributed by atoms with Crippen LogP contribution in [0.3, 0.4) is 0 Å². The van der Waals surface area contributed by atoms with Crippen molar-refractivity contribution in [2.24, 2.45) is 0 Å². The summed E-state index contributed by atoms with van der Waals surface area (Å²) in [5, 5.41) is 16.2. The van der Waals surface area contributed by atoms with Gasteiger partial charge in [0, 0.05) is 17.1 Å². The SMILES string of the molecule is O=C(Nc1nc(-c2ccc[nH]2)cs1)c1ccc(-n2cnnn2)cc1. The summed E-state index contributed by atoms with van der Waals surface area (Å²) in [5.41, 5.74) is 3.02. The van der Waals surface area contributed by atoms with E-state index in [4.69, 9.17) is 0 Å². The maximum absolute atomic E-state index is 12.3. The van der Waals surface area contributed by atoms with Gasteiger partial charge < -0.3 is 4.98 Å². The van der Waals surface area contributed by atoms with Crippen molar-refractivity contribution >= 4 is 22.4 Å². The molecule has 0 aliphatic carbocycles. The summed E-state index contributed by atoms with van der Waals surface area (Å²) < 4.78 is 1.52. The second-order valence-electron chi connectivity index (χ2n) is 4.88. The molecule has 0 aliphatic rings. The van der Waals surface area contributed by atoms with E-state index in [0.29, 0.717) is 10.7 Å². The molecule has 0 saturated heterocycles. The van der Waals surface area contributed by atoms with Crippen LogP contribution in [0.1, 0.15) is 10.4 Å². The third kappa shape index (κ3) is 2.79. The highest BCUT2D eigenvalue weighted by Gasteiger charge is 2.10. The first kappa shape index (κ1) is 14.3. The van der Waals surface area contributed by atoms with Gasteiger partial charge in [0.2, 0.25) is 0 Å². The molecular weight excluding hydrogens is 326 g/mol. The van der Waals surface area contributed by atoms with E-state index in [1.54, 1.807) is 24.3 Å². The Balaban J connectivity index is 1.48. The van der Waals surface area contributed by atoms with Gasteiger partial charge in [-0.3, -0.25) is 10.1 Å². The number of anilines is 1. The van der Waals surface area contributed by atoms with E-state index in [1.165, 1.54) is 22.3 Å². The van der Waals surface area contributed by atoms with Gasteiger partial charge >= 0.3 is 0 Å². The van der Waals surface area contributed by atoms with Gasteiger partial charge in [-0.15, -0.1) is 16.4 Å². The molecule has 4 aromatic rings. The Labute approximate surface area is 140 Å². The van der Waals surface area contributed by atoms with E-state index in [0.717, 1.165) is 17.1 Å².